The first-order valence-electron chi connectivity index (χ1n) is 11.6. The van der Waals surface area contributed by atoms with Gasteiger partial charge in [0.1, 0.15) is 0 Å². The molecule has 0 N–H and O–H groups in total. The summed E-state index contributed by atoms with van der Waals surface area (Å²) < 4.78 is 13.0. The summed E-state index contributed by atoms with van der Waals surface area (Å²) in [6.07, 6.45) is 2.93. The van der Waals surface area contributed by atoms with E-state index in [2.05, 4.69) is 15.3 Å². The Balaban J connectivity index is 1.32. The normalized spacial score (nSPS) is 13.4. The van der Waals surface area contributed by atoms with Crippen LogP contribution in [0.3, 0.4) is 0 Å². The largest absolute Gasteiger partial charge is 0.479 e. The highest BCUT2D eigenvalue weighted by atomic mass is 35.5. The number of hydrogen-bond acceptors (Lipinski definition) is 7. The van der Waals surface area contributed by atoms with Crippen LogP contribution in [0, 0.1) is 13.8 Å². The molecule has 182 valence electrons. The van der Waals surface area contributed by atoms with Crippen molar-refractivity contribution in [3.63, 3.8) is 0 Å². The van der Waals surface area contributed by atoms with Gasteiger partial charge < -0.3 is 14.1 Å². The molecule has 4 aromatic rings. The number of amides is 1. The monoisotopic (exact) mass is 494 g/mol. The summed E-state index contributed by atoms with van der Waals surface area (Å²) in [5.41, 5.74) is 4.57. The molecule has 1 aromatic carbocycles. The lowest BCUT2D eigenvalue weighted by Gasteiger charge is -2.21. The minimum Gasteiger partial charge on any atom is -0.479 e. The van der Waals surface area contributed by atoms with Gasteiger partial charge in [-0.1, -0.05) is 11.6 Å². The minimum absolute atomic E-state index is 0.0655. The molecule has 0 aliphatic heterocycles. The molecule has 0 radical (unpaired) electrons. The Morgan fingerprint density at radius 2 is 1.97 bits per heavy atom. The van der Waals surface area contributed by atoms with Gasteiger partial charge in [0.25, 0.3) is 0 Å². The zero-order valence-electron chi connectivity index (χ0n) is 20.2. The molecule has 0 bridgehead atoms. The molecule has 5 rings (SSSR count). The van der Waals surface area contributed by atoms with E-state index in [1.54, 1.807) is 23.9 Å². The van der Waals surface area contributed by atoms with E-state index >= 15 is 0 Å². The Morgan fingerprint density at radius 1 is 1.23 bits per heavy atom. The minimum atomic E-state index is 0.0655. The number of aromatic nitrogens is 5. The molecular formula is C25H27ClN6O3. The van der Waals surface area contributed by atoms with Crippen LogP contribution in [-0.2, 0) is 24.8 Å². The number of methoxy groups -OCH3 is 1. The number of ether oxygens (including phenoxy) is 1. The average molecular weight is 495 g/mol. The summed E-state index contributed by atoms with van der Waals surface area (Å²) in [6, 6.07) is 7.43. The molecule has 3 heterocycles. The van der Waals surface area contributed by atoms with Crippen LogP contribution in [0.1, 0.15) is 42.0 Å². The van der Waals surface area contributed by atoms with Crippen LogP contribution >= 0.6 is 11.6 Å². The van der Waals surface area contributed by atoms with Crippen LogP contribution in [0.15, 0.2) is 28.7 Å². The predicted octanol–water partition coefficient (Wildman–Crippen LogP) is 4.42. The number of carbonyl (C=O) groups is 1. The average Bonchev–Trinajstić information content (AvgIpc) is 3.49. The Bertz CT molecular complexity index is 1390. The summed E-state index contributed by atoms with van der Waals surface area (Å²) in [6.45, 7) is 4.31. The topological polar surface area (TPSA) is 99.2 Å². The van der Waals surface area contributed by atoms with Crippen molar-refractivity contribution in [3.05, 3.63) is 52.0 Å². The molecule has 0 saturated heterocycles. The maximum Gasteiger partial charge on any atom is 0.247 e. The number of aryl methyl sites for hydroxylation is 3. The number of hydrogen-bond donors (Lipinski definition) is 0. The summed E-state index contributed by atoms with van der Waals surface area (Å²) in [4.78, 5) is 19.9. The van der Waals surface area contributed by atoms with E-state index < -0.39 is 0 Å². The molecule has 1 aliphatic rings. The first-order valence-corrected chi connectivity index (χ1v) is 12.0. The SMILES string of the molecule is COc1nn(C)c2nc(C)c(CCC(=O)N(Cc3nnc(-c4ccc(Cl)cc4)o3)C3CC3)c(C)c12. The van der Waals surface area contributed by atoms with Gasteiger partial charge >= 0.3 is 0 Å². The Labute approximate surface area is 208 Å². The summed E-state index contributed by atoms with van der Waals surface area (Å²) >= 11 is 5.96. The second-order valence-electron chi connectivity index (χ2n) is 8.89. The first kappa shape index (κ1) is 23.3. The van der Waals surface area contributed by atoms with Crippen LogP contribution in [0.25, 0.3) is 22.5 Å². The standard InChI is InChI=1S/C25H27ClN6O3/c1-14-19(15(2)27-23-22(14)25(34-4)30-31(23)3)11-12-21(33)32(18-9-10-18)13-20-28-29-24(35-20)16-5-7-17(26)8-6-16/h5-8,18H,9-13H2,1-4H3. The van der Waals surface area contributed by atoms with E-state index in [1.165, 1.54) is 0 Å². The highest BCUT2D eigenvalue weighted by Gasteiger charge is 2.33. The quantitative estimate of drug-likeness (QED) is 0.357. The van der Waals surface area contributed by atoms with E-state index in [0.29, 0.717) is 42.1 Å². The number of nitrogens with zero attached hydrogens (tertiary/aromatic N) is 6. The van der Waals surface area contributed by atoms with E-state index in [1.807, 2.05) is 37.9 Å². The van der Waals surface area contributed by atoms with Crippen molar-refractivity contribution in [2.75, 3.05) is 7.11 Å². The van der Waals surface area contributed by atoms with Gasteiger partial charge in [0.15, 0.2) is 5.65 Å². The molecule has 0 unspecified atom stereocenters. The van der Waals surface area contributed by atoms with Gasteiger partial charge in [0, 0.05) is 35.8 Å². The fraction of sp³-hybridized carbons (Fsp3) is 0.400. The summed E-state index contributed by atoms with van der Waals surface area (Å²) in [5.74, 6) is 1.45. The summed E-state index contributed by atoms with van der Waals surface area (Å²) in [7, 11) is 3.46. The molecule has 0 atom stereocenters. The van der Waals surface area contributed by atoms with E-state index in [4.69, 9.17) is 25.7 Å². The molecule has 1 fully saturated rings. The zero-order chi connectivity index (χ0) is 24.7. The maximum atomic E-state index is 13.3. The van der Waals surface area contributed by atoms with Gasteiger partial charge in [-0.05, 0) is 68.5 Å². The fourth-order valence-electron chi connectivity index (χ4n) is 4.46. The number of carbonyl (C=O) groups excluding carboxylic acids is 1. The molecule has 10 heteroatoms. The van der Waals surface area contributed by atoms with E-state index in [0.717, 1.165) is 46.3 Å². The predicted molar refractivity (Wildman–Crippen MR) is 131 cm³/mol. The number of pyridine rings is 1. The molecule has 0 spiro atoms. The fourth-order valence-corrected chi connectivity index (χ4v) is 4.59. The molecule has 1 amide bonds. The van der Waals surface area contributed by atoms with Gasteiger partial charge in [0.2, 0.25) is 23.6 Å². The maximum absolute atomic E-state index is 13.3. The first-order chi connectivity index (χ1) is 16.9. The number of fused-ring (bicyclic) bond motifs is 1. The van der Waals surface area contributed by atoms with Crippen molar-refractivity contribution in [1.82, 2.24) is 29.9 Å². The highest BCUT2D eigenvalue weighted by Crippen LogP contribution is 2.32. The second-order valence-corrected chi connectivity index (χ2v) is 9.33. The van der Waals surface area contributed by atoms with E-state index in [9.17, 15) is 4.79 Å². The van der Waals surface area contributed by atoms with Crippen molar-refractivity contribution < 1.29 is 13.9 Å². The number of benzene rings is 1. The third-order valence-electron chi connectivity index (χ3n) is 6.48. The number of rotatable bonds is 8. The molecule has 1 aliphatic carbocycles. The van der Waals surface area contributed by atoms with Crippen molar-refractivity contribution in [3.8, 4) is 17.3 Å². The smallest absolute Gasteiger partial charge is 0.247 e. The van der Waals surface area contributed by atoms with Crippen LogP contribution in [0.4, 0.5) is 0 Å². The molecular weight excluding hydrogens is 468 g/mol. The van der Waals surface area contributed by atoms with Crippen LogP contribution < -0.4 is 4.74 Å². The van der Waals surface area contributed by atoms with Gasteiger partial charge in [-0.2, -0.15) is 0 Å². The highest BCUT2D eigenvalue weighted by molar-refractivity contribution is 6.30. The van der Waals surface area contributed by atoms with Crippen molar-refractivity contribution in [2.24, 2.45) is 7.05 Å². The summed E-state index contributed by atoms with van der Waals surface area (Å²) in [5, 5.41) is 14.3. The lowest BCUT2D eigenvalue weighted by Crippen LogP contribution is -2.33. The number of halogens is 1. The van der Waals surface area contributed by atoms with Gasteiger partial charge in [-0.15, -0.1) is 15.3 Å². The Hall–Kier alpha value is -3.46. The lowest BCUT2D eigenvalue weighted by atomic mass is 10.00. The molecule has 1 saturated carbocycles. The van der Waals surface area contributed by atoms with Crippen molar-refractivity contribution in [2.45, 2.75) is 52.1 Å². The third kappa shape index (κ3) is 4.60. The zero-order valence-corrected chi connectivity index (χ0v) is 21.0. The Kier molecular flexibility index (Phi) is 6.19. The van der Waals surface area contributed by atoms with Crippen LogP contribution in [0.5, 0.6) is 5.88 Å². The third-order valence-corrected chi connectivity index (χ3v) is 6.73. The van der Waals surface area contributed by atoms with Crippen LogP contribution in [-0.4, -0.2) is 48.9 Å². The van der Waals surface area contributed by atoms with Gasteiger partial charge in [-0.25, -0.2) is 9.67 Å². The van der Waals surface area contributed by atoms with Crippen LogP contribution in [0.2, 0.25) is 5.02 Å². The Morgan fingerprint density at radius 3 is 2.66 bits per heavy atom. The van der Waals surface area contributed by atoms with E-state index in [-0.39, 0.29) is 11.9 Å². The molecule has 35 heavy (non-hydrogen) atoms. The van der Waals surface area contributed by atoms with Gasteiger partial charge in [0.05, 0.1) is 19.0 Å². The van der Waals surface area contributed by atoms with Crippen molar-refractivity contribution >= 4 is 28.5 Å². The lowest BCUT2D eigenvalue weighted by molar-refractivity contribution is -0.132. The second kappa shape index (κ2) is 9.30. The van der Waals surface area contributed by atoms with Crippen molar-refractivity contribution in [1.29, 1.82) is 0 Å². The molecule has 9 nitrogen and oxygen atoms in total. The molecule has 3 aromatic heterocycles. The van der Waals surface area contributed by atoms with Gasteiger partial charge in [-0.3, -0.25) is 4.79 Å².